The normalized spacial score (nSPS) is 20.2. The number of fused-ring (bicyclic) bond motifs is 5. The first-order valence-corrected chi connectivity index (χ1v) is 15.9. The zero-order valence-electron chi connectivity index (χ0n) is 23.7. The fraction of sp³-hybridized carbons (Fsp3) is 0.0500. The molecule has 6 aromatic rings. The number of allylic oxidation sites excluding steroid dienone is 2. The van der Waals surface area contributed by atoms with Crippen molar-refractivity contribution < 1.29 is 18.9 Å². The molecule has 0 saturated carbocycles. The van der Waals surface area contributed by atoms with Crippen molar-refractivity contribution in [2.24, 2.45) is 0 Å². The summed E-state index contributed by atoms with van der Waals surface area (Å²) in [6, 6.07) is 65.9. The fourth-order valence-corrected chi connectivity index (χ4v) is 12.7. The number of rotatable bonds is 5. The van der Waals surface area contributed by atoms with Crippen molar-refractivity contribution in [3.05, 3.63) is 209 Å². The average molecular weight is 545 g/mol. The van der Waals surface area contributed by atoms with E-state index in [1.54, 1.807) is 0 Å². The van der Waals surface area contributed by atoms with Gasteiger partial charge in [0.1, 0.15) is 0 Å². The molecule has 42 heavy (non-hydrogen) atoms. The fourth-order valence-electron chi connectivity index (χ4n) is 7.82. The van der Waals surface area contributed by atoms with E-state index in [0.29, 0.717) is 0 Å². The van der Waals surface area contributed by atoms with Gasteiger partial charge in [-0.2, -0.15) is 5.19 Å². The molecular weight excluding hydrogens is 515 g/mol. The van der Waals surface area contributed by atoms with Crippen molar-refractivity contribution in [2.45, 2.75) is 10.1 Å². The Kier molecular flexibility index (Phi) is 6.76. The van der Waals surface area contributed by atoms with Crippen LogP contribution in [0.2, 0.25) is 0 Å². The molecule has 2 unspecified atom stereocenters. The Morgan fingerprint density at radius 3 is 1.02 bits per heavy atom. The number of hydrogen-bond acceptors (Lipinski definition) is 0. The molecule has 6 aromatic carbocycles. The third-order valence-electron chi connectivity index (χ3n) is 9.09. The maximum Gasteiger partial charge on any atom is 1.00 e. The van der Waals surface area contributed by atoms with Gasteiger partial charge in [-0.25, -0.2) is 8.80 Å². The molecule has 0 aliphatic carbocycles. The number of hydrogen-bond donors (Lipinski definition) is 0. The SMILES string of the molecule is [Li+].c1ccc(C2=C(c3ccccc3)C3(c4ccccc4)c4ccccc4C2(c2ccccc2)[Si-]3c2ccccc2)cc1. The minimum atomic E-state index is -1.48. The van der Waals surface area contributed by atoms with Gasteiger partial charge in [0.2, 0.25) is 0 Å². The molecule has 0 nitrogen and oxygen atoms in total. The Labute approximate surface area is 262 Å². The summed E-state index contributed by atoms with van der Waals surface area (Å²) in [6.45, 7) is 0. The second kappa shape index (κ2) is 10.6. The van der Waals surface area contributed by atoms with E-state index in [-0.39, 0.29) is 28.9 Å². The van der Waals surface area contributed by atoms with Crippen LogP contribution < -0.4 is 24.0 Å². The maximum absolute atomic E-state index is 2.42. The van der Waals surface area contributed by atoms with Crippen molar-refractivity contribution in [3.63, 3.8) is 0 Å². The summed E-state index contributed by atoms with van der Waals surface area (Å²) >= 11 is 0. The van der Waals surface area contributed by atoms with Gasteiger partial charge >= 0.3 is 18.9 Å². The summed E-state index contributed by atoms with van der Waals surface area (Å²) in [4.78, 5) is 0. The summed E-state index contributed by atoms with van der Waals surface area (Å²) in [6.07, 6.45) is 0. The predicted molar refractivity (Wildman–Crippen MR) is 172 cm³/mol. The Bertz CT molecular complexity index is 1750. The molecule has 0 fully saturated rings. The van der Waals surface area contributed by atoms with Crippen LogP contribution in [0.4, 0.5) is 0 Å². The summed E-state index contributed by atoms with van der Waals surface area (Å²) in [5.74, 6) is 0. The van der Waals surface area contributed by atoms with E-state index in [1.807, 2.05) is 0 Å². The summed E-state index contributed by atoms with van der Waals surface area (Å²) < 4.78 is 0. The Morgan fingerprint density at radius 2 is 0.643 bits per heavy atom. The molecule has 8 rings (SSSR count). The predicted octanol–water partition coefficient (Wildman–Crippen LogP) is 5.38. The molecule has 2 heterocycles. The van der Waals surface area contributed by atoms with Gasteiger partial charge in [-0.15, -0.1) is 0 Å². The molecule has 2 heteroatoms. The minimum absolute atomic E-state index is 0. The monoisotopic (exact) mass is 544 g/mol. The van der Waals surface area contributed by atoms with Gasteiger partial charge in [0.05, 0.1) is 0 Å². The van der Waals surface area contributed by atoms with Crippen molar-refractivity contribution >= 4 is 25.1 Å². The first-order chi connectivity index (χ1) is 20.4. The molecule has 0 radical (unpaired) electrons. The van der Waals surface area contributed by atoms with Crippen LogP contribution >= 0.6 is 0 Å². The largest absolute Gasteiger partial charge is 1.00 e. The Morgan fingerprint density at radius 1 is 0.333 bits per heavy atom. The first kappa shape index (κ1) is 26.8. The van der Waals surface area contributed by atoms with Crippen LogP contribution in [0.25, 0.3) is 11.1 Å². The van der Waals surface area contributed by atoms with Crippen LogP contribution in [0.5, 0.6) is 0 Å². The van der Waals surface area contributed by atoms with Crippen molar-refractivity contribution in [3.8, 4) is 0 Å². The third-order valence-corrected chi connectivity index (χ3v) is 13.1. The van der Waals surface area contributed by atoms with Gasteiger partial charge < -0.3 is 0 Å². The Hall–Kier alpha value is -4.13. The van der Waals surface area contributed by atoms with E-state index in [1.165, 1.54) is 49.7 Å². The zero-order chi connectivity index (χ0) is 27.3. The minimum Gasteiger partial charge on any atom is -0.238 e. The van der Waals surface area contributed by atoms with Crippen molar-refractivity contribution in [1.82, 2.24) is 0 Å². The van der Waals surface area contributed by atoms with Gasteiger partial charge in [-0.05, 0) is 11.1 Å². The van der Waals surface area contributed by atoms with Gasteiger partial charge in [-0.1, -0.05) is 219 Å². The van der Waals surface area contributed by atoms with Gasteiger partial charge in [-0.3, -0.25) is 0 Å². The number of benzene rings is 6. The molecule has 2 aliphatic heterocycles. The van der Waals surface area contributed by atoms with Crippen molar-refractivity contribution in [2.75, 3.05) is 0 Å². The second-order valence-corrected chi connectivity index (χ2v) is 13.8. The molecule has 2 bridgehead atoms. The molecule has 0 saturated heterocycles. The van der Waals surface area contributed by atoms with Crippen LogP contribution in [0.1, 0.15) is 33.4 Å². The maximum atomic E-state index is 2.42. The summed E-state index contributed by atoms with van der Waals surface area (Å²) in [5, 5.41) is 0.860. The van der Waals surface area contributed by atoms with Crippen LogP contribution in [-0.4, -0.2) is 8.80 Å². The van der Waals surface area contributed by atoms with E-state index < -0.39 is 8.80 Å². The Balaban J connectivity index is 0.00000288. The molecular formula is C40H29LiSi. The summed E-state index contributed by atoms with van der Waals surface area (Å²) in [5.41, 5.74) is 11.2. The molecule has 2 atom stereocenters. The standard InChI is InChI=1S/C40H29Si.Li/c1-6-18-30(19-7-1)37-38(31-20-8-2-9-21-31)40(33-24-12-4-13-25-33)36-29-17-16-28-35(36)39(37,32-22-10-3-11-23-32)41(40)34-26-14-5-15-27-34;/h1-29H;/q-1;+1. The van der Waals surface area contributed by atoms with Crippen LogP contribution in [0.3, 0.4) is 0 Å². The van der Waals surface area contributed by atoms with Gasteiger partial charge in [0.25, 0.3) is 0 Å². The molecule has 194 valence electrons. The molecule has 2 aliphatic rings. The van der Waals surface area contributed by atoms with Crippen molar-refractivity contribution in [1.29, 1.82) is 0 Å². The molecule has 0 spiro atoms. The third kappa shape index (κ3) is 3.55. The average Bonchev–Trinajstić information content (AvgIpc) is 3.51. The smallest absolute Gasteiger partial charge is 0.238 e. The molecule has 0 N–H and O–H groups in total. The first-order valence-electron chi connectivity index (χ1n) is 14.4. The zero-order valence-corrected chi connectivity index (χ0v) is 24.7. The van der Waals surface area contributed by atoms with E-state index in [0.717, 1.165) is 0 Å². The van der Waals surface area contributed by atoms with E-state index in [9.17, 15) is 0 Å². The molecule has 0 amide bonds. The van der Waals surface area contributed by atoms with E-state index in [4.69, 9.17) is 0 Å². The quantitative estimate of drug-likeness (QED) is 0.256. The summed E-state index contributed by atoms with van der Waals surface area (Å²) in [7, 11) is -1.48. The second-order valence-electron chi connectivity index (χ2n) is 11.0. The van der Waals surface area contributed by atoms with Crippen LogP contribution in [0, 0.1) is 0 Å². The van der Waals surface area contributed by atoms with E-state index >= 15 is 0 Å². The van der Waals surface area contributed by atoms with Gasteiger partial charge in [0.15, 0.2) is 0 Å². The van der Waals surface area contributed by atoms with Gasteiger partial charge in [0, 0.05) is 0 Å². The topological polar surface area (TPSA) is 0 Å². The van der Waals surface area contributed by atoms with Crippen LogP contribution in [-0.2, 0) is 10.1 Å². The molecule has 0 aromatic heterocycles. The van der Waals surface area contributed by atoms with Crippen LogP contribution in [0.15, 0.2) is 176 Å². The van der Waals surface area contributed by atoms with E-state index in [2.05, 4.69) is 176 Å².